The first-order valence-electron chi connectivity index (χ1n) is 7.88. The molecule has 1 saturated heterocycles. The fourth-order valence-corrected chi connectivity index (χ4v) is 3.29. The number of benzene rings is 1. The Morgan fingerprint density at radius 2 is 1.95 bits per heavy atom. The number of hydrogen-bond acceptors (Lipinski definition) is 2. The van der Waals surface area contributed by atoms with E-state index in [2.05, 4.69) is 47.5 Å². The highest BCUT2D eigenvalue weighted by Gasteiger charge is 2.34. The van der Waals surface area contributed by atoms with Crippen molar-refractivity contribution < 1.29 is 0 Å². The van der Waals surface area contributed by atoms with Crippen LogP contribution >= 0.6 is 0 Å². The summed E-state index contributed by atoms with van der Waals surface area (Å²) in [6.07, 6.45) is 6.89. The van der Waals surface area contributed by atoms with Crippen LogP contribution in [-0.4, -0.2) is 30.1 Å². The second-order valence-corrected chi connectivity index (χ2v) is 6.16. The van der Waals surface area contributed by atoms with Gasteiger partial charge in [0.15, 0.2) is 0 Å². The highest BCUT2D eigenvalue weighted by Crippen LogP contribution is 2.34. The number of hydrogen-bond donors (Lipinski definition) is 1. The van der Waals surface area contributed by atoms with Crippen LogP contribution in [0.25, 0.3) is 0 Å². The summed E-state index contributed by atoms with van der Waals surface area (Å²) in [5.41, 5.74) is 1.46. The third kappa shape index (κ3) is 3.37. The monoisotopic (exact) mass is 258 g/mol. The lowest BCUT2D eigenvalue weighted by atomic mass is 10.0. The molecule has 2 fully saturated rings. The first-order chi connectivity index (χ1) is 9.34. The van der Waals surface area contributed by atoms with Crippen molar-refractivity contribution in [3.05, 3.63) is 35.9 Å². The van der Waals surface area contributed by atoms with Gasteiger partial charge in [-0.1, -0.05) is 36.8 Å². The van der Waals surface area contributed by atoms with Crippen molar-refractivity contribution in [1.82, 2.24) is 10.2 Å². The summed E-state index contributed by atoms with van der Waals surface area (Å²) in [4.78, 5) is 2.73. The minimum absolute atomic E-state index is 0.553. The Balaban J connectivity index is 1.66. The Morgan fingerprint density at radius 3 is 2.58 bits per heavy atom. The van der Waals surface area contributed by atoms with E-state index in [4.69, 9.17) is 0 Å². The largest absolute Gasteiger partial charge is 0.313 e. The highest BCUT2D eigenvalue weighted by atomic mass is 15.2. The van der Waals surface area contributed by atoms with E-state index in [1.165, 1.54) is 50.8 Å². The minimum atomic E-state index is 0.553. The van der Waals surface area contributed by atoms with Gasteiger partial charge >= 0.3 is 0 Å². The molecule has 104 valence electrons. The number of nitrogens with zero attached hydrogens (tertiary/aromatic N) is 1. The summed E-state index contributed by atoms with van der Waals surface area (Å²) in [6, 6.07) is 13.1. The molecule has 0 radical (unpaired) electrons. The van der Waals surface area contributed by atoms with Gasteiger partial charge in [-0.25, -0.2) is 0 Å². The maximum atomic E-state index is 3.70. The van der Waals surface area contributed by atoms with E-state index in [1.807, 2.05) is 0 Å². The first-order valence-corrected chi connectivity index (χ1v) is 7.88. The Labute approximate surface area is 117 Å². The van der Waals surface area contributed by atoms with Gasteiger partial charge < -0.3 is 5.32 Å². The Kier molecular flexibility index (Phi) is 4.19. The van der Waals surface area contributed by atoms with Crippen LogP contribution in [0.3, 0.4) is 0 Å². The molecule has 1 heterocycles. The minimum Gasteiger partial charge on any atom is -0.313 e. The Hall–Kier alpha value is -0.860. The number of rotatable bonds is 5. The quantitative estimate of drug-likeness (QED) is 0.871. The van der Waals surface area contributed by atoms with Gasteiger partial charge in [-0.3, -0.25) is 4.90 Å². The average molecular weight is 258 g/mol. The van der Waals surface area contributed by atoms with Crippen molar-refractivity contribution in [2.24, 2.45) is 0 Å². The molecule has 19 heavy (non-hydrogen) atoms. The number of piperidine rings is 1. The molecule has 1 aromatic carbocycles. The van der Waals surface area contributed by atoms with Crippen molar-refractivity contribution in [2.45, 2.75) is 57.2 Å². The summed E-state index contributed by atoms with van der Waals surface area (Å²) < 4.78 is 0. The maximum absolute atomic E-state index is 3.70. The van der Waals surface area contributed by atoms with Crippen molar-refractivity contribution in [2.75, 3.05) is 13.1 Å². The highest BCUT2D eigenvalue weighted by molar-refractivity contribution is 5.19. The van der Waals surface area contributed by atoms with Crippen molar-refractivity contribution in [3.63, 3.8) is 0 Å². The molecule has 2 unspecified atom stereocenters. The summed E-state index contributed by atoms with van der Waals surface area (Å²) >= 11 is 0. The molecule has 0 amide bonds. The molecule has 1 aliphatic carbocycles. The van der Waals surface area contributed by atoms with Gasteiger partial charge in [-0.15, -0.1) is 0 Å². The van der Waals surface area contributed by atoms with Crippen LogP contribution in [0, 0.1) is 0 Å². The molecule has 1 aromatic rings. The van der Waals surface area contributed by atoms with Gasteiger partial charge in [0.05, 0.1) is 0 Å². The lowest BCUT2D eigenvalue weighted by Gasteiger charge is -2.35. The van der Waals surface area contributed by atoms with Crippen LogP contribution in [0.1, 0.15) is 50.6 Å². The zero-order chi connectivity index (χ0) is 13.1. The van der Waals surface area contributed by atoms with Crippen LogP contribution in [-0.2, 0) is 0 Å². The van der Waals surface area contributed by atoms with Crippen LogP contribution in [0.2, 0.25) is 0 Å². The third-order valence-electron chi connectivity index (χ3n) is 4.64. The molecular formula is C17H26N2. The van der Waals surface area contributed by atoms with Crippen LogP contribution in [0.15, 0.2) is 30.3 Å². The van der Waals surface area contributed by atoms with Gasteiger partial charge in [0.2, 0.25) is 0 Å². The van der Waals surface area contributed by atoms with Gasteiger partial charge in [0.25, 0.3) is 0 Å². The van der Waals surface area contributed by atoms with Gasteiger partial charge in [-0.2, -0.15) is 0 Å². The van der Waals surface area contributed by atoms with E-state index in [0.29, 0.717) is 12.1 Å². The molecule has 1 N–H and O–H groups in total. The SMILES string of the molecule is CC(c1ccccc1)N(CC1CCCCN1)C1CC1. The number of nitrogens with one attached hydrogen (secondary N) is 1. The molecule has 1 saturated carbocycles. The molecule has 2 nitrogen and oxygen atoms in total. The van der Waals surface area contributed by atoms with E-state index in [1.54, 1.807) is 0 Å². The lowest BCUT2D eigenvalue weighted by molar-refractivity contribution is 0.167. The molecule has 3 rings (SSSR count). The molecule has 2 aliphatic rings. The molecule has 1 aliphatic heterocycles. The average Bonchev–Trinajstić information content (AvgIpc) is 3.31. The maximum Gasteiger partial charge on any atom is 0.0323 e. The van der Waals surface area contributed by atoms with E-state index < -0.39 is 0 Å². The summed E-state index contributed by atoms with van der Waals surface area (Å²) in [6.45, 7) is 4.81. The van der Waals surface area contributed by atoms with Crippen LogP contribution in [0.5, 0.6) is 0 Å². The first kappa shape index (κ1) is 13.1. The fraction of sp³-hybridized carbons (Fsp3) is 0.647. The van der Waals surface area contributed by atoms with Crippen molar-refractivity contribution in [3.8, 4) is 0 Å². The van der Waals surface area contributed by atoms with Gasteiger partial charge in [0.1, 0.15) is 0 Å². The van der Waals surface area contributed by atoms with Crippen molar-refractivity contribution >= 4 is 0 Å². The molecular weight excluding hydrogens is 232 g/mol. The molecule has 2 heteroatoms. The van der Waals surface area contributed by atoms with Crippen molar-refractivity contribution in [1.29, 1.82) is 0 Å². The van der Waals surface area contributed by atoms with E-state index in [9.17, 15) is 0 Å². The Bertz CT molecular complexity index is 380. The zero-order valence-electron chi connectivity index (χ0n) is 12.0. The molecule has 0 aromatic heterocycles. The van der Waals surface area contributed by atoms with E-state index in [0.717, 1.165) is 6.04 Å². The van der Waals surface area contributed by atoms with Gasteiger partial charge in [-0.05, 0) is 44.7 Å². The van der Waals surface area contributed by atoms with E-state index >= 15 is 0 Å². The normalized spacial score (nSPS) is 25.5. The Morgan fingerprint density at radius 1 is 1.16 bits per heavy atom. The zero-order valence-corrected chi connectivity index (χ0v) is 12.0. The third-order valence-corrected chi connectivity index (χ3v) is 4.64. The summed E-state index contributed by atoms with van der Waals surface area (Å²) in [5, 5.41) is 3.70. The lowest BCUT2D eigenvalue weighted by Crippen LogP contribution is -2.45. The molecule has 0 spiro atoms. The van der Waals surface area contributed by atoms with Gasteiger partial charge in [0, 0.05) is 24.7 Å². The van der Waals surface area contributed by atoms with Crippen LogP contribution in [0.4, 0.5) is 0 Å². The second-order valence-electron chi connectivity index (χ2n) is 6.16. The smallest absolute Gasteiger partial charge is 0.0323 e. The van der Waals surface area contributed by atoms with Crippen LogP contribution < -0.4 is 5.32 Å². The van der Waals surface area contributed by atoms with E-state index in [-0.39, 0.29) is 0 Å². The standard InChI is InChI=1S/C17H26N2/c1-14(15-7-3-2-4-8-15)19(17-10-11-17)13-16-9-5-6-12-18-16/h2-4,7-8,14,16-18H,5-6,9-13H2,1H3. The topological polar surface area (TPSA) is 15.3 Å². The predicted octanol–water partition coefficient (Wildman–Crippen LogP) is 3.35. The fourth-order valence-electron chi connectivity index (χ4n) is 3.29. The summed E-state index contributed by atoms with van der Waals surface area (Å²) in [7, 11) is 0. The molecule has 2 atom stereocenters. The molecule has 0 bridgehead atoms. The summed E-state index contributed by atoms with van der Waals surface area (Å²) in [5.74, 6) is 0. The second kappa shape index (κ2) is 6.06. The predicted molar refractivity (Wildman–Crippen MR) is 80.2 cm³/mol.